The Morgan fingerprint density at radius 1 is 1.08 bits per heavy atom. The summed E-state index contributed by atoms with van der Waals surface area (Å²) in [5, 5.41) is 3.95. The second kappa shape index (κ2) is 7.31. The fourth-order valence-electron chi connectivity index (χ4n) is 4.99. The molecule has 2 heterocycles. The third-order valence-corrected chi connectivity index (χ3v) is 5.62. The van der Waals surface area contributed by atoms with Crippen LogP contribution in [0.5, 0.6) is 0 Å². The molecule has 138 valence electrons. The molecule has 0 amide bonds. The van der Waals surface area contributed by atoms with E-state index < -0.39 is 0 Å². The number of hydrogen-bond acceptors (Lipinski definition) is 1. The van der Waals surface area contributed by atoms with Crippen LogP contribution in [0.4, 0.5) is 5.69 Å². The summed E-state index contributed by atoms with van der Waals surface area (Å²) in [6, 6.07) is 11.7. The molecule has 2 aliphatic heterocycles. The Morgan fingerprint density at radius 2 is 1.85 bits per heavy atom. The molecule has 1 nitrogen and oxygen atoms in total. The lowest BCUT2D eigenvalue weighted by Gasteiger charge is -2.39. The summed E-state index contributed by atoms with van der Waals surface area (Å²) < 4.78 is 0. The van der Waals surface area contributed by atoms with Gasteiger partial charge in [-0.3, -0.25) is 0 Å². The molecule has 0 saturated heterocycles. The maximum absolute atomic E-state index is 3.95. The minimum absolute atomic E-state index is 0.0215. The number of anilines is 1. The van der Waals surface area contributed by atoms with Gasteiger partial charge in [0, 0.05) is 5.69 Å². The van der Waals surface area contributed by atoms with Crippen molar-refractivity contribution in [2.75, 3.05) is 5.32 Å². The van der Waals surface area contributed by atoms with E-state index in [0.717, 1.165) is 19.3 Å². The first-order chi connectivity index (χ1) is 12.4. The van der Waals surface area contributed by atoms with Gasteiger partial charge in [-0.15, -0.1) is 0 Å². The zero-order valence-electron chi connectivity index (χ0n) is 17.2. The van der Waals surface area contributed by atoms with Crippen LogP contribution in [0.1, 0.15) is 67.5 Å². The van der Waals surface area contributed by atoms with Crippen molar-refractivity contribution in [1.82, 2.24) is 0 Å². The van der Waals surface area contributed by atoms with Crippen LogP contribution in [0.2, 0.25) is 0 Å². The zero-order valence-corrected chi connectivity index (χ0v) is 17.2. The van der Waals surface area contributed by atoms with Crippen LogP contribution >= 0.6 is 0 Å². The summed E-state index contributed by atoms with van der Waals surface area (Å²) in [7, 11) is 0. The molecule has 2 atom stereocenters. The van der Waals surface area contributed by atoms with Crippen molar-refractivity contribution in [3.8, 4) is 0 Å². The number of hydrogen-bond donors (Lipinski definition) is 1. The van der Waals surface area contributed by atoms with Crippen molar-refractivity contribution in [2.24, 2.45) is 5.92 Å². The van der Waals surface area contributed by atoms with Gasteiger partial charge in [0.1, 0.15) is 0 Å². The number of aryl methyl sites for hydroxylation is 2. The molecule has 0 aliphatic carbocycles. The van der Waals surface area contributed by atoms with Gasteiger partial charge in [0.25, 0.3) is 0 Å². The van der Waals surface area contributed by atoms with Gasteiger partial charge >= 0.3 is 0 Å². The molecule has 2 unspecified atom stereocenters. The maximum atomic E-state index is 3.95. The minimum atomic E-state index is -0.0215. The Hall–Kier alpha value is -2.02. The lowest BCUT2D eigenvalue weighted by molar-refractivity contribution is 0.382. The van der Waals surface area contributed by atoms with Crippen LogP contribution in [0, 0.1) is 19.8 Å². The minimum Gasteiger partial charge on any atom is -0.375 e. The molecular weight excluding hydrogens is 314 g/mol. The molecule has 2 aromatic rings. The van der Waals surface area contributed by atoms with E-state index in [1.165, 1.54) is 39.1 Å². The lowest BCUT2D eigenvalue weighted by Crippen LogP contribution is -2.37. The topological polar surface area (TPSA) is 12.0 Å². The molecule has 1 heteroatoms. The molecule has 26 heavy (non-hydrogen) atoms. The van der Waals surface area contributed by atoms with Crippen molar-refractivity contribution < 1.29 is 0 Å². The van der Waals surface area contributed by atoms with Gasteiger partial charge in [-0.2, -0.15) is 0 Å². The molecule has 1 N–H and O–H groups in total. The van der Waals surface area contributed by atoms with Crippen LogP contribution in [0.15, 0.2) is 36.4 Å². The van der Waals surface area contributed by atoms with Crippen molar-refractivity contribution in [1.29, 1.82) is 0 Å². The summed E-state index contributed by atoms with van der Waals surface area (Å²) >= 11 is 0. The Labute approximate surface area is 159 Å². The van der Waals surface area contributed by atoms with Crippen molar-refractivity contribution in [3.05, 3.63) is 69.8 Å². The van der Waals surface area contributed by atoms with Gasteiger partial charge in [-0.05, 0) is 79.8 Å². The first-order valence-electron chi connectivity index (χ1n) is 10.1. The summed E-state index contributed by atoms with van der Waals surface area (Å²) in [5.41, 5.74) is 9.77. The number of fused-ring (bicyclic) bond motifs is 4. The van der Waals surface area contributed by atoms with Gasteiger partial charge < -0.3 is 5.32 Å². The van der Waals surface area contributed by atoms with Gasteiger partial charge in [0.15, 0.2) is 0 Å². The van der Waals surface area contributed by atoms with E-state index in [0.29, 0.717) is 5.92 Å². The molecule has 4 rings (SSSR count). The standard InChI is InChI=1S/C23H27N.C2H6/c1-15-10-17(3)22-20(12-15)7-5-6-19-9-8-18-11-16(2)14-23(22,4)24-21(19)13-18;1-2/h5-6,8-10,12-13,16,24H,7,11,14H2,1-4H3;1-2H3/b6-5-;. The monoisotopic (exact) mass is 347 g/mol. The van der Waals surface area contributed by atoms with Crippen LogP contribution in [0.25, 0.3) is 6.08 Å². The van der Waals surface area contributed by atoms with Crippen LogP contribution in [-0.4, -0.2) is 0 Å². The highest BCUT2D eigenvalue weighted by Crippen LogP contribution is 2.41. The Balaban J connectivity index is 0.000000948. The quantitative estimate of drug-likeness (QED) is 0.552. The fraction of sp³-hybridized carbons (Fsp3) is 0.440. The Kier molecular flexibility index (Phi) is 5.27. The summed E-state index contributed by atoms with van der Waals surface area (Å²) in [5.74, 6) is 0.656. The van der Waals surface area contributed by atoms with Gasteiger partial charge in [-0.25, -0.2) is 0 Å². The number of rotatable bonds is 0. The Morgan fingerprint density at radius 3 is 2.62 bits per heavy atom. The average Bonchev–Trinajstić information content (AvgIpc) is 2.62. The highest BCUT2D eigenvalue weighted by atomic mass is 15.0. The normalized spacial score (nSPS) is 24.5. The number of nitrogens with one attached hydrogen (secondary N) is 1. The van der Waals surface area contributed by atoms with Crippen LogP contribution in [0.3, 0.4) is 0 Å². The summed E-state index contributed by atoms with van der Waals surface area (Å²) in [6.45, 7) is 13.3. The predicted molar refractivity (Wildman–Crippen MR) is 115 cm³/mol. The SMILES string of the molecule is CC.Cc1cc(C)c2c(c1)C/C=C\c1ccc3cc1NC2(C)CC(C)C3. The first kappa shape index (κ1) is 18.8. The highest BCUT2D eigenvalue weighted by molar-refractivity contribution is 5.70. The summed E-state index contributed by atoms with van der Waals surface area (Å²) in [6.07, 6.45) is 7.93. The Bertz CT molecular complexity index is 830. The molecule has 0 saturated carbocycles. The van der Waals surface area contributed by atoms with Crippen LogP contribution < -0.4 is 5.32 Å². The molecule has 2 aromatic carbocycles. The molecule has 3 bridgehead atoms. The van der Waals surface area contributed by atoms with E-state index in [9.17, 15) is 0 Å². The number of allylic oxidation sites excluding steroid dienone is 1. The molecule has 2 aliphatic rings. The van der Waals surface area contributed by atoms with E-state index in [1.54, 1.807) is 0 Å². The maximum Gasteiger partial charge on any atom is 0.0605 e. The van der Waals surface area contributed by atoms with Crippen LogP contribution in [-0.2, 0) is 18.4 Å². The third-order valence-electron chi connectivity index (χ3n) is 5.62. The largest absolute Gasteiger partial charge is 0.375 e. The average molecular weight is 348 g/mol. The zero-order chi connectivity index (χ0) is 18.9. The van der Waals surface area contributed by atoms with E-state index in [1.807, 2.05) is 13.8 Å². The van der Waals surface area contributed by atoms with E-state index in [4.69, 9.17) is 0 Å². The molecule has 0 radical (unpaired) electrons. The molecule has 0 aromatic heterocycles. The van der Waals surface area contributed by atoms with Gasteiger partial charge in [0.2, 0.25) is 0 Å². The first-order valence-corrected chi connectivity index (χ1v) is 10.1. The highest BCUT2D eigenvalue weighted by Gasteiger charge is 2.34. The lowest BCUT2D eigenvalue weighted by atomic mass is 9.75. The van der Waals surface area contributed by atoms with E-state index in [2.05, 4.69) is 75.5 Å². The third kappa shape index (κ3) is 3.45. The number of benzene rings is 2. The van der Waals surface area contributed by atoms with Gasteiger partial charge in [0.05, 0.1) is 5.54 Å². The second-order valence-electron chi connectivity index (χ2n) is 8.11. The fourth-order valence-corrected chi connectivity index (χ4v) is 4.99. The second-order valence-corrected chi connectivity index (χ2v) is 8.11. The molecule has 0 spiro atoms. The van der Waals surface area contributed by atoms with Crippen molar-refractivity contribution in [3.63, 3.8) is 0 Å². The smallest absolute Gasteiger partial charge is 0.0605 e. The molecule has 0 fully saturated rings. The van der Waals surface area contributed by atoms with Gasteiger partial charge in [-0.1, -0.05) is 62.8 Å². The van der Waals surface area contributed by atoms with Crippen molar-refractivity contribution >= 4 is 11.8 Å². The predicted octanol–water partition coefficient (Wildman–Crippen LogP) is 6.81. The summed E-state index contributed by atoms with van der Waals surface area (Å²) in [4.78, 5) is 0. The molecular formula is C25H33N. The van der Waals surface area contributed by atoms with E-state index in [-0.39, 0.29) is 5.54 Å². The van der Waals surface area contributed by atoms with Crippen molar-refractivity contribution in [2.45, 2.75) is 66.3 Å². The van der Waals surface area contributed by atoms with E-state index >= 15 is 0 Å².